The van der Waals surface area contributed by atoms with Crippen molar-refractivity contribution < 1.29 is 57.1 Å². The van der Waals surface area contributed by atoms with Gasteiger partial charge < -0.3 is 33.2 Å². The fourth-order valence-corrected chi connectivity index (χ4v) is 23.7. The molecule has 110 heavy (non-hydrogen) atoms. The average Bonchev–Trinajstić information content (AvgIpc) is 0.727. The second-order valence-electron chi connectivity index (χ2n) is 32.4. The van der Waals surface area contributed by atoms with Gasteiger partial charge in [-0.05, 0) is 280 Å². The first-order valence-corrected chi connectivity index (χ1v) is 42.9. The molecule has 0 aromatic heterocycles. The largest absolute Gasteiger partial charge is 0.487 e. The Balaban J connectivity index is 0.000000145. The highest BCUT2D eigenvalue weighted by atomic mass is 32.2. The fraction of sp³-hybridized carbons (Fsp3) is 0.379. The molecule has 0 amide bonds. The molecule has 0 heterocycles. The Bertz CT molecular complexity index is 4400. The molecule has 0 N–H and O–H groups in total. The Morgan fingerprint density at radius 3 is 0.955 bits per heavy atom. The van der Waals surface area contributed by atoms with Crippen LogP contribution in [0.4, 0.5) is 0 Å². The topological polar surface area (TPSA) is 150 Å². The van der Waals surface area contributed by atoms with Gasteiger partial charge in [-0.15, -0.1) is 0 Å². The van der Waals surface area contributed by atoms with Crippen LogP contribution >= 0.6 is 0 Å². The molecule has 8 fully saturated rings. The molecule has 0 radical (unpaired) electrons. The van der Waals surface area contributed by atoms with Gasteiger partial charge in [0.2, 0.25) is 0 Å². The average molecular weight is 1540 g/mol. The standard InChI is InChI=1S/C34H39O3S.C33H37O3S.C28H29O6S/c1-4-32(2,3)31(35)37-34-22-25-19-26(23-34)21-33(20-25,24-34)36-27-15-17-30(18-16-27)38(28-11-7-5-8-12-28)29-13-9-6-10-14-29;1-3-24(2)31(34)36-33-21-25-18-26(22-33)20-32(19-25,23-33)35-27-14-16-30(17-15-27)37(28-10-6-4-7-11-28)29-12-8-5-9-13-29;1-4-28(2,3)27(31)33-19-25(29)32-20-26(30)34-21-15-17-24(18-16-21)35(22-11-7-5-8-12-22)23-13-9-6-10-14-23/h5-18,25-26H,4,19-24H2,1-3H3;4-17,24-26H,3,18-23H2,1-2H3;5-18H,4,19-20H2,1-3H3/q3*+1. The van der Waals surface area contributed by atoms with Crippen molar-refractivity contribution in [2.45, 2.75) is 218 Å². The van der Waals surface area contributed by atoms with E-state index < -0.39 is 42.0 Å². The molecule has 572 valence electrons. The first kappa shape index (κ1) is 79.1. The summed E-state index contributed by atoms with van der Waals surface area (Å²) < 4.78 is 41.6. The van der Waals surface area contributed by atoms with Crippen LogP contribution in [0.25, 0.3) is 0 Å². The minimum absolute atomic E-state index is 0.0298. The van der Waals surface area contributed by atoms with Crippen molar-refractivity contribution in [2.75, 3.05) is 13.2 Å². The maximum absolute atomic E-state index is 13.1. The van der Waals surface area contributed by atoms with Crippen molar-refractivity contribution in [3.05, 3.63) is 255 Å². The second kappa shape index (κ2) is 34.7. The van der Waals surface area contributed by atoms with Crippen LogP contribution in [-0.4, -0.2) is 65.5 Å². The summed E-state index contributed by atoms with van der Waals surface area (Å²) in [7, 11) is -0.648. The van der Waals surface area contributed by atoms with E-state index in [1.54, 1.807) is 26.0 Å². The molecule has 8 bridgehead atoms. The first-order chi connectivity index (χ1) is 53.0. The number of carbonyl (C=O) groups is 5. The molecule has 17 rings (SSSR count). The highest BCUT2D eigenvalue weighted by Gasteiger charge is 2.63. The summed E-state index contributed by atoms with van der Waals surface area (Å²) in [6.45, 7) is 14.3. The normalized spacial score (nSPS) is 22.8. The zero-order chi connectivity index (χ0) is 77.1. The first-order valence-electron chi connectivity index (χ1n) is 39.3. The number of hydrogen-bond acceptors (Lipinski definition) is 12. The molecule has 15 heteroatoms. The Labute approximate surface area is 659 Å². The fourth-order valence-electron chi connectivity index (χ4n) is 17.4. The molecule has 0 aliphatic heterocycles. The Morgan fingerprint density at radius 1 is 0.355 bits per heavy atom. The molecule has 5 unspecified atom stereocenters. The summed E-state index contributed by atoms with van der Waals surface area (Å²) in [5, 5.41) is 0. The van der Waals surface area contributed by atoms with E-state index in [4.69, 9.17) is 33.2 Å². The minimum Gasteiger partial charge on any atom is -0.487 e. The summed E-state index contributed by atoms with van der Waals surface area (Å²) in [5.41, 5.74) is -2.28. The molecule has 0 spiro atoms. The van der Waals surface area contributed by atoms with Crippen molar-refractivity contribution in [1.82, 2.24) is 0 Å². The van der Waals surface area contributed by atoms with Crippen LogP contribution < -0.4 is 14.2 Å². The Kier molecular flexibility index (Phi) is 25.0. The molecule has 12 nitrogen and oxygen atoms in total. The minimum atomic E-state index is -0.813. The molecule has 8 aliphatic carbocycles. The van der Waals surface area contributed by atoms with Crippen molar-refractivity contribution in [1.29, 1.82) is 0 Å². The third kappa shape index (κ3) is 19.1. The highest BCUT2D eigenvalue weighted by Crippen LogP contribution is 2.62. The number of ether oxygens (including phenoxy) is 7. The van der Waals surface area contributed by atoms with Crippen molar-refractivity contribution in [3.63, 3.8) is 0 Å². The quantitative estimate of drug-likeness (QED) is 0.0220. The number of esters is 5. The number of carbonyl (C=O) groups excluding carboxylic acids is 5. The second-order valence-corrected chi connectivity index (χ2v) is 38.5. The van der Waals surface area contributed by atoms with Gasteiger partial charge in [0, 0.05) is 12.8 Å². The van der Waals surface area contributed by atoms with Crippen LogP contribution in [0.2, 0.25) is 0 Å². The highest BCUT2D eigenvalue weighted by molar-refractivity contribution is 7.97. The van der Waals surface area contributed by atoms with Crippen LogP contribution in [0, 0.1) is 40.4 Å². The van der Waals surface area contributed by atoms with Gasteiger partial charge >= 0.3 is 29.8 Å². The van der Waals surface area contributed by atoms with Gasteiger partial charge in [-0.3, -0.25) is 14.4 Å². The maximum atomic E-state index is 13.1. The predicted molar refractivity (Wildman–Crippen MR) is 433 cm³/mol. The number of hydrogen-bond donors (Lipinski definition) is 0. The molecule has 0 saturated heterocycles. The van der Waals surface area contributed by atoms with Crippen molar-refractivity contribution in [2.24, 2.45) is 40.4 Å². The molecule has 5 atom stereocenters. The van der Waals surface area contributed by atoms with Crippen LogP contribution in [0.1, 0.15) is 152 Å². The van der Waals surface area contributed by atoms with Gasteiger partial charge in [-0.1, -0.05) is 137 Å². The lowest BCUT2D eigenvalue weighted by molar-refractivity contribution is -0.220. The van der Waals surface area contributed by atoms with Gasteiger partial charge in [0.15, 0.2) is 57.3 Å². The van der Waals surface area contributed by atoms with Crippen molar-refractivity contribution >= 4 is 62.5 Å². The lowest BCUT2D eigenvalue weighted by atomic mass is 9.52. The van der Waals surface area contributed by atoms with Gasteiger partial charge in [-0.25, -0.2) is 9.59 Å². The van der Waals surface area contributed by atoms with E-state index in [9.17, 15) is 24.0 Å². The van der Waals surface area contributed by atoms with E-state index in [0.717, 1.165) is 93.4 Å². The van der Waals surface area contributed by atoms with E-state index in [0.29, 0.717) is 35.8 Å². The lowest BCUT2D eigenvalue weighted by Gasteiger charge is -2.60. The third-order valence-corrected chi connectivity index (χ3v) is 29.7. The zero-order valence-corrected chi connectivity index (χ0v) is 67.2. The molecule has 9 aromatic carbocycles. The molecular weight excluding hydrogens is 1430 g/mol. The smallest absolute Gasteiger partial charge is 0.349 e. The number of rotatable bonds is 26. The summed E-state index contributed by atoms with van der Waals surface area (Å²) >= 11 is 0. The van der Waals surface area contributed by atoms with E-state index in [2.05, 4.69) is 208 Å². The van der Waals surface area contributed by atoms with Crippen molar-refractivity contribution in [3.8, 4) is 17.2 Å². The van der Waals surface area contributed by atoms with E-state index >= 15 is 0 Å². The Morgan fingerprint density at radius 2 is 0.636 bits per heavy atom. The molecular formula is C95H105O12S3+3. The van der Waals surface area contributed by atoms with Crippen LogP contribution in [0.5, 0.6) is 17.2 Å². The Hall–Kier alpha value is -9.02. The lowest BCUT2D eigenvalue weighted by Crippen LogP contribution is -2.63. The molecule has 9 aromatic rings. The zero-order valence-electron chi connectivity index (χ0n) is 64.8. The summed E-state index contributed by atoms with van der Waals surface area (Å²) in [4.78, 5) is 73.0. The van der Waals surface area contributed by atoms with Crippen LogP contribution in [0.15, 0.2) is 299 Å². The molecule has 8 aliphatic rings. The number of benzene rings is 9. The monoisotopic (exact) mass is 1530 g/mol. The van der Waals surface area contributed by atoms with Gasteiger partial charge in [-0.2, -0.15) is 0 Å². The summed E-state index contributed by atoms with van der Waals surface area (Å²) in [6.07, 6.45) is 14.6. The van der Waals surface area contributed by atoms with Crippen LogP contribution in [0.3, 0.4) is 0 Å². The summed E-state index contributed by atoms with van der Waals surface area (Å²) in [5.74, 6) is 2.39. The van der Waals surface area contributed by atoms with E-state index in [1.165, 1.54) is 52.0 Å². The van der Waals surface area contributed by atoms with Gasteiger partial charge in [0.05, 0.1) is 49.4 Å². The molecule has 8 saturated carbocycles. The van der Waals surface area contributed by atoms with Gasteiger partial charge in [0.1, 0.15) is 39.7 Å². The van der Waals surface area contributed by atoms with Gasteiger partial charge in [0.25, 0.3) is 0 Å². The predicted octanol–water partition coefficient (Wildman–Crippen LogP) is 21.3. The maximum Gasteiger partial charge on any atom is 0.349 e. The van der Waals surface area contributed by atoms with E-state index in [-0.39, 0.29) is 72.9 Å². The summed E-state index contributed by atoms with van der Waals surface area (Å²) in [6, 6.07) is 88.2. The van der Waals surface area contributed by atoms with Crippen LogP contribution in [-0.2, 0) is 75.6 Å². The third-order valence-electron chi connectivity index (χ3n) is 23.0. The SMILES string of the molecule is CCC(C)(C)C(=O)OC12CC3CC(C1)CC(Oc1ccc([S+](c4ccccc4)c4ccccc4)cc1)(C3)C2.CCC(C)(C)C(=O)OCC(=O)OCC(=O)Oc1ccc([S+](c2ccccc2)c2ccccc2)cc1.CCC(C)C(=O)OC12CC3CC(C1)CC(Oc1ccc([S+](c4ccccc4)c4ccccc4)cc1)(C3)C2. The van der Waals surface area contributed by atoms with E-state index in [1.807, 2.05) is 76.2 Å².